The van der Waals surface area contributed by atoms with Gasteiger partial charge in [-0.3, -0.25) is 4.79 Å². The van der Waals surface area contributed by atoms with Crippen molar-refractivity contribution in [3.05, 3.63) is 0 Å². The molecule has 2 bridgehead atoms. The Bertz CT molecular complexity index is 412. The number of rotatable bonds is 3. The van der Waals surface area contributed by atoms with Crippen LogP contribution in [0.3, 0.4) is 0 Å². The maximum absolute atomic E-state index is 13.1. The maximum Gasteiger partial charge on any atom is 0.406 e. The number of carboxylic acids is 1. The number of hydrogen-bond acceptors (Lipinski definition) is 2. The van der Waals surface area contributed by atoms with Gasteiger partial charge in [-0.25, -0.2) is 0 Å². The van der Waals surface area contributed by atoms with E-state index in [2.05, 4.69) is 0 Å². The summed E-state index contributed by atoms with van der Waals surface area (Å²) in [6.45, 7) is 0.520. The summed E-state index contributed by atoms with van der Waals surface area (Å²) < 4.78 is 39.3. The Morgan fingerprint density at radius 3 is 2.50 bits per heavy atom. The van der Waals surface area contributed by atoms with Crippen LogP contribution in [0.5, 0.6) is 0 Å². The second-order valence-electron chi connectivity index (χ2n) is 6.81. The van der Waals surface area contributed by atoms with Gasteiger partial charge < -0.3 is 10.0 Å². The summed E-state index contributed by atoms with van der Waals surface area (Å²) in [4.78, 5) is 12.9. The van der Waals surface area contributed by atoms with E-state index in [0.717, 1.165) is 12.3 Å². The highest BCUT2D eigenvalue weighted by Crippen LogP contribution is 2.50. The third-order valence-electron chi connectivity index (χ3n) is 5.68. The van der Waals surface area contributed by atoms with E-state index in [4.69, 9.17) is 5.11 Å². The first-order chi connectivity index (χ1) is 9.32. The normalized spacial score (nSPS) is 41.5. The molecule has 1 N–H and O–H groups in total. The number of alkyl halides is 3. The van der Waals surface area contributed by atoms with Crippen molar-refractivity contribution in [1.82, 2.24) is 4.90 Å². The second-order valence-corrected chi connectivity index (χ2v) is 6.81. The van der Waals surface area contributed by atoms with Crippen molar-refractivity contribution < 1.29 is 23.1 Å². The molecular formula is C14H20F3NO2. The van der Waals surface area contributed by atoms with Gasteiger partial charge in [-0.1, -0.05) is 6.42 Å². The van der Waals surface area contributed by atoms with Crippen LogP contribution in [-0.2, 0) is 4.79 Å². The lowest BCUT2D eigenvalue weighted by molar-refractivity contribution is -0.227. The zero-order valence-corrected chi connectivity index (χ0v) is 11.3. The molecule has 0 amide bonds. The molecule has 0 aromatic heterocycles. The summed E-state index contributed by atoms with van der Waals surface area (Å²) in [5.74, 6) is 0.178. The molecule has 0 aromatic carbocycles. The number of fused-ring (bicyclic) bond motifs is 2. The predicted molar refractivity (Wildman–Crippen MR) is 66.1 cm³/mol. The summed E-state index contributed by atoms with van der Waals surface area (Å²) in [7, 11) is 0. The summed E-state index contributed by atoms with van der Waals surface area (Å²) in [5.41, 5.74) is -2.55. The van der Waals surface area contributed by atoms with Crippen LogP contribution in [0.25, 0.3) is 0 Å². The molecule has 20 heavy (non-hydrogen) atoms. The number of halogens is 3. The average Bonchev–Trinajstić information content (AvgIpc) is 3.01. The maximum atomic E-state index is 13.1. The summed E-state index contributed by atoms with van der Waals surface area (Å²) in [6.07, 6.45) is -0.167. The minimum Gasteiger partial charge on any atom is -0.481 e. The lowest BCUT2D eigenvalue weighted by Crippen LogP contribution is -2.47. The number of carbonyl (C=O) groups is 1. The Labute approximate surface area is 116 Å². The predicted octanol–water partition coefficient (Wildman–Crippen LogP) is 2.76. The van der Waals surface area contributed by atoms with Gasteiger partial charge >= 0.3 is 12.1 Å². The van der Waals surface area contributed by atoms with Crippen LogP contribution >= 0.6 is 0 Å². The molecule has 4 unspecified atom stereocenters. The molecule has 0 aromatic rings. The molecule has 2 aliphatic carbocycles. The molecule has 1 saturated heterocycles. The Kier molecular flexibility index (Phi) is 3.27. The van der Waals surface area contributed by atoms with Gasteiger partial charge in [0.05, 0.1) is 0 Å². The summed E-state index contributed by atoms with van der Waals surface area (Å²) >= 11 is 0. The number of hydrogen-bond donors (Lipinski definition) is 1. The highest BCUT2D eigenvalue weighted by Gasteiger charge is 2.63. The fraction of sp³-hybridized carbons (Fsp3) is 0.929. The van der Waals surface area contributed by atoms with E-state index in [1.165, 1.54) is 19.3 Å². The molecule has 114 valence electrons. The van der Waals surface area contributed by atoms with Crippen molar-refractivity contribution in [2.75, 3.05) is 19.6 Å². The lowest BCUT2D eigenvalue weighted by Gasteiger charge is -2.30. The number of likely N-dealkylation sites (tertiary alicyclic amines) is 1. The van der Waals surface area contributed by atoms with Crippen LogP contribution in [-0.4, -0.2) is 41.8 Å². The van der Waals surface area contributed by atoms with E-state index in [9.17, 15) is 18.0 Å². The number of carboxylic acid groups (broad SMARTS) is 1. The van der Waals surface area contributed by atoms with Gasteiger partial charge in [-0.15, -0.1) is 0 Å². The van der Waals surface area contributed by atoms with E-state index in [1.807, 2.05) is 0 Å². The first kappa shape index (κ1) is 14.2. The van der Waals surface area contributed by atoms with Crippen LogP contribution in [0.2, 0.25) is 0 Å². The Morgan fingerprint density at radius 2 is 2.05 bits per heavy atom. The van der Waals surface area contributed by atoms with Crippen LogP contribution in [0.4, 0.5) is 13.2 Å². The summed E-state index contributed by atoms with van der Waals surface area (Å²) in [5, 5.41) is 9.04. The van der Waals surface area contributed by atoms with E-state index in [0.29, 0.717) is 18.4 Å². The van der Waals surface area contributed by atoms with Crippen molar-refractivity contribution in [3.8, 4) is 0 Å². The smallest absolute Gasteiger partial charge is 0.406 e. The molecule has 4 atom stereocenters. The van der Waals surface area contributed by atoms with Gasteiger partial charge in [0.25, 0.3) is 0 Å². The Balaban J connectivity index is 1.65. The van der Waals surface area contributed by atoms with Crippen molar-refractivity contribution in [2.24, 2.45) is 23.2 Å². The zero-order valence-electron chi connectivity index (χ0n) is 11.3. The van der Waals surface area contributed by atoms with Crippen molar-refractivity contribution >= 4 is 5.97 Å². The molecular weight excluding hydrogens is 271 g/mol. The monoisotopic (exact) mass is 291 g/mol. The molecule has 3 rings (SSSR count). The molecule has 6 heteroatoms. The first-order valence-electron chi connectivity index (χ1n) is 7.34. The zero-order chi connectivity index (χ0) is 14.5. The molecule has 2 saturated carbocycles. The topological polar surface area (TPSA) is 40.5 Å². The van der Waals surface area contributed by atoms with E-state index < -0.39 is 17.6 Å². The first-order valence-corrected chi connectivity index (χ1v) is 7.34. The number of nitrogens with zero attached hydrogens (tertiary/aromatic N) is 1. The fourth-order valence-corrected chi connectivity index (χ4v) is 4.50. The molecule has 3 aliphatic rings. The van der Waals surface area contributed by atoms with Crippen LogP contribution < -0.4 is 0 Å². The highest BCUT2D eigenvalue weighted by atomic mass is 19.4. The molecule has 1 heterocycles. The quantitative estimate of drug-likeness (QED) is 0.869. The standard InChI is InChI=1S/C14H20F3NO2/c15-14(16,17)13(12(19)20)3-4-18(8-13)7-11-6-9-1-2-10(11)5-9/h9-11H,1-8H2,(H,19,20). The fourth-order valence-electron chi connectivity index (χ4n) is 4.50. The minimum atomic E-state index is -4.66. The van der Waals surface area contributed by atoms with Gasteiger partial charge in [0.1, 0.15) is 0 Å². The van der Waals surface area contributed by atoms with Crippen molar-refractivity contribution in [2.45, 2.75) is 38.3 Å². The number of aliphatic carboxylic acids is 1. The third kappa shape index (κ3) is 2.12. The average molecular weight is 291 g/mol. The van der Waals surface area contributed by atoms with Crippen molar-refractivity contribution in [1.29, 1.82) is 0 Å². The van der Waals surface area contributed by atoms with E-state index in [-0.39, 0.29) is 19.5 Å². The van der Waals surface area contributed by atoms with Gasteiger partial charge in [0.2, 0.25) is 0 Å². The highest BCUT2D eigenvalue weighted by molar-refractivity contribution is 5.76. The lowest BCUT2D eigenvalue weighted by atomic mass is 9.86. The third-order valence-corrected chi connectivity index (χ3v) is 5.68. The summed E-state index contributed by atoms with van der Waals surface area (Å²) in [6, 6.07) is 0. The molecule has 1 aliphatic heterocycles. The molecule has 3 nitrogen and oxygen atoms in total. The van der Waals surface area contributed by atoms with Gasteiger partial charge in [0, 0.05) is 13.1 Å². The SMILES string of the molecule is O=C(O)C1(C(F)(F)F)CCN(CC2CC3CCC2C3)C1. The Morgan fingerprint density at radius 1 is 1.30 bits per heavy atom. The van der Waals surface area contributed by atoms with Crippen LogP contribution in [0.1, 0.15) is 32.1 Å². The minimum absolute atomic E-state index is 0.250. The van der Waals surface area contributed by atoms with E-state index >= 15 is 0 Å². The largest absolute Gasteiger partial charge is 0.481 e. The molecule has 0 radical (unpaired) electrons. The van der Waals surface area contributed by atoms with Gasteiger partial charge in [-0.2, -0.15) is 13.2 Å². The van der Waals surface area contributed by atoms with Crippen molar-refractivity contribution in [3.63, 3.8) is 0 Å². The Hall–Kier alpha value is -0.780. The van der Waals surface area contributed by atoms with E-state index in [1.54, 1.807) is 4.90 Å². The van der Waals surface area contributed by atoms with Gasteiger partial charge in [-0.05, 0) is 50.0 Å². The second kappa shape index (κ2) is 4.61. The van der Waals surface area contributed by atoms with Crippen LogP contribution in [0.15, 0.2) is 0 Å². The molecule has 0 spiro atoms. The van der Waals surface area contributed by atoms with Gasteiger partial charge in [0.15, 0.2) is 5.41 Å². The molecule has 3 fully saturated rings. The van der Waals surface area contributed by atoms with Crippen LogP contribution in [0, 0.1) is 23.2 Å².